The molecule has 1 aromatic heterocycles. The Kier molecular flexibility index (Phi) is 7.79. The van der Waals surface area contributed by atoms with Gasteiger partial charge >= 0.3 is 0 Å². The van der Waals surface area contributed by atoms with Gasteiger partial charge in [0.1, 0.15) is 0 Å². The van der Waals surface area contributed by atoms with Crippen LogP contribution in [0.15, 0.2) is 29.6 Å². The molecule has 0 aliphatic carbocycles. The minimum atomic E-state index is -0.0912. The molecule has 2 heterocycles. The molecule has 2 aromatic rings. The molecule has 1 aliphatic rings. The maximum Gasteiger partial charge on any atom is 0.229 e. The number of hydrogen-bond donors (Lipinski definition) is 2. The quantitative estimate of drug-likeness (QED) is 0.688. The highest BCUT2D eigenvalue weighted by Crippen LogP contribution is 2.27. The van der Waals surface area contributed by atoms with Crippen molar-refractivity contribution in [3.05, 3.63) is 35.2 Å². The summed E-state index contributed by atoms with van der Waals surface area (Å²) >= 11 is 1.41. The third-order valence-electron chi connectivity index (χ3n) is 5.44. The molecule has 0 radical (unpaired) electrons. The lowest BCUT2D eigenvalue weighted by atomic mass is 9.95. The third kappa shape index (κ3) is 6.37. The summed E-state index contributed by atoms with van der Waals surface area (Å²) in [5, 5.41) is 8.27. The lowest BCUT2D eigenvalue weighted by Crippen LogP contribution is -2.43. The summed E-state index contributed by atoms with van der Waals surface area (Å²) < 4.78 is 0. The van der Waals surface area contributed by atoms with Crippen molar-refractivity contribution in [1.29, 1.82) is 0 Å². The first-order chi connectivity index (χ1) is 14.8. The highest BCUT2D eigenvalue weighted by atomic mass is 32.1. The number of anilines is 1. The second kappa shape index (κ2) is 10.5. The molecule has 8 heteroatoms. The van der Waals surface area contributed by atoms with Crippen molar-refractivity contribution >= 4 is 34.2 Å². The minimum absolute atomic E-state index is 0.00890. The van der Waals surface area contributed by atoms with E-state index in [9.17, 15) is 14.4 Å². The zero-order valence-corrected chi connectivity index (χ0v) is 19.1. The summed E-state index contributed by atoms with van der Waals surface area (Å²) in [5.74, 6) is 0.00976. The Balaban J connectivity index is 1.51. The number of aromatic nitrogens is 1. The third-order valence-corrected chi connectivity index (χ3v) is 6.20. The number of rotatable bonds is 7. The van der Waals surface area contributed by atoms with Gasteiger partial charge in [-0.25, -0.2) is 4.98 Å². The molecule has 1 aliphatic heterocycles. The summed E-state index contributed by atoms with van der Waals surface area (Å²) in [6, 6.07) is 8.07. The van der Waals surface area contributed by atoms with E-state index < -0.39 is 0 Å². The Morgan fingerprint density at radius 1 is 1.16 bits per heavy atom. The smallest absolute Gasteiger partial charge is 0.229 e. The lowest BCUT2D eigenvalue weighted by Gasteiger charge is -2.32. The molecule has 2 N–H and O–H groups in total. The molecule has 7 nitrogen and oxygen atoms in total. The van der Waals surface area contributed by atoms with Crippen molar-refractivity contribution in [2.45, 2.75) is 40.0 Å². The van der Waals surface area contributed by atoms with Crippen molar-refractivity contribution in [2.75, 3.05) is 25.0 Å². The van der Waals surface area contributed by atoms with E-state index in [0.717, 1.165) is 23.2 Å². The van der Waals surface area contributed by atoms with Crippen molar-refractivity contribution in [3.63, 3.8) is 0 Å². The van der Waals surface area contributed by atoms with Gasteiger partial charge in [-0.05, 0) is 24.8 Å². The van der Waals surface area contributed by atoms with E-state index in [1.165, 1.54) is 18.3 Å². The van der Waals surface area contributed by atoms with E-state index in [1.807, 2.05) is 48.4 Å². The van der Waals surface area contributed by atoms with E-state index in [4.69, 9.17) is 0 Å². The van der Waals surface area contributed by atoms with Crippen LogP contribution in [-0.4, -0.2) is 47.2 Å². The van der Waals surface area contributed by atoms with Gasteiger partial charge in [-0.15, -0.1) is 11.3 Å². The number of hydrogen-bond acceptors (Lipinski definition) is 5. The molecule has 31 heavy (non-hydrogen) atoms. The molecule has 0 atom stereocenters. The second-order valence-corrected chi connectivity index (χ2v) is 9.07. The van der Waals surface area contributed by atoms with Crippen LogP contribution in [0.2, 0.25) is 0 Å². The van der Waals surface area contributed by atoms with Gasteiger partial charge in [0.05, 0.1) is 5.69 Å². The average molecular weight is 443 g/mol. The normalized spacial score (nSPS) is 14.5. The van der Waals surface area contributed by atoms with E-state index in [1.54, 1.807) is 0 Å². The molecule has 0 saturated carbocycles. The van der Waals surface area contributed by atoms with E-state index >= 15 is 0 Å². The molecule has 0 unspecified atom stereocenters. The van der Waals surface area contributed by atoms with Gasteiger partial charge in [0.15, 0.2) is 5.13 Å². The van der Waals surface area contributed by atoms with Crippen LogP contribution in [0.3, 0.4) is 0 Å². The van der Waals surface area contributed by atoms with Crippen LogP contribution in [0.5, 0.6) is 0 Å². The molecule has 3 amide bonds. The monoisotopic (exact) mass is 442 g/mol. The molecule has 3 rings (SSSR count). The molecule has 1 fully saturated rings. The summed E-state index contributed by atoms with van der Waals surface area (Å²) in [6.07, 6.45) is 2.14. The van der Waals surface area contributed by atoms with Gasteiger partial charge in [0.25, 0.3) is 0 Å². The first kappa shape index (κ1) is 22.9. The summed E-state index contributed by atoms with van der Waals surface area (Å²) in [6.45, 7) is 7.20. The predicted octanol–water partition coefficient (Wildman–Crippen LogP) is 3.32. The number of piperidine rings is 1. The molecule has 0 bridgehead atoms. The number of amides is 3. The number of thiazole rings is 1. The zero-order chi connectivity index (χ0) is 22.4. The first-order valence-corrected chi connectivity index (χ1v) is 11.6. The highest BCUT2D eigenvalue weighted by molar-refractivity contribution is 7.14. The Hall–Kier alpha value is -2.74. The molecular formula is C23H30N4O3S. The fourth-order valence-electron chi connectivity index (χ4n) is 3.62. The van der Waals surface area contributed by atoms with E-state index in [-0.39, 0.29) is 29.6 Å². The van der Waals surface area contributed by atoms with Crippen LogP contribution in [0.1, 0.15) is 39.2 Å². The van der Waals surface area contributed by atoms with Crippen molar-refractivity contribution in [2.24, 2.45) is 11.8 Å². The van der Waals surface area contributed by atoms with Gasteiger partial charge in [0.2, 0.25) is 17.7 Å². The van der Waals surface area contributed by atoms with Gasteiger partial charge in [-0.1, -0.05) is 38.1 Å². The molecule has 166 valence electrons. The van der Waals surface area contributed by atoms with E-state index in [0.29, 0.717) is 37.6 Å². The Morgan fingerprint density at radius 3 is 2.45 bits per heavy atom. The Labute approximate surface area is 187 Å². The number of carbonyl (C=O) groups is 3. The van der Waals surface area contributed by atoms with Crippen LogP contribution in [-0.2, 0) is 20.8 Å². The van der Waals surface area contributed by atoms with Crippen LogP contribution < -0.4 is 10.6 Å². The molecular weight excluding hydrogens is 412 g/mol. The number of likely N-dealkylation sites (tertiary alicyclic amines) is 1. The predicted molar refractivity (Wildman–Crippen MR) is 123 cm³/mol. The van der Waals surface area contributed by atoms with Crippen molar-refractivity contribution in [1.82, 2.24) is 15.2 Å². The summed E-state index contributed by atoms with van der Waals surface area (Å²) in [4.78, 5) is 42.1. The lowest BCUT2D eigenvalue weighted by molar-refractivity contribution is -0.137. The standard InChI is InChI=1S/C23H30N4O3S/c1-15(2)22(30)27-12-9-19(10-13-27)21(29)26-23-25-20(14-31-23)18-6-4-17(5-7-18)8-11-24-16(3)28/h4-7,14-15,19H,8-13H2,1-3H3,(H,24,28)(H,25,26,29). The SMILES string of the molecule is CC(=O)NCCc1ccc(-c2csc(NC(=O)C3CCN(C(=O)C(C)C)CC3)n2)cc1. The van der Waals surface area contributed by atoms with Gasteiger partial charge in [0, 0.05) is 49.3 Å². The highest BCUT2D eigenvalue weighted by Gasteiger charge is 2.28. The Morgan fingerprint density at radius 2 is 1.84 bits per heavy atom. The maximum absolute atomic E-state index is 12.6. The van der Waals surface area contributed by atoms with Crippen LogP contribution >= 0.6 is 11.3 Å². The van der Waals surface area contributed by atoms with Crippen molar-refractivity contribution < 1.29 is 14.4 Å². The van der Waals surface area contributed by atoms with Gasteiger partial charge < -0.3 is 15.5 Å². The topological polar surface area (TPSA) is 91.4 Å². The molecule has 1 saturated heterocycles. The fourth-order valence-corrected chi connectivity index (χ4v) is 4.35. The number of benzene rings is 1. The fraction of sp³-hybridized carbons (Fsp3) is 0.478. The molecule has 0 spiro atoms. The number of carbonyl (C=O) groups excluding carboxylic acids is 3. The minimum Gasteiger partial charge on any atom is -0.356 e. The van der Waals surface area contributed by atoms with Gasteiger partial charge in [-0.2, -0.15) is 0 Å². The largest absolute Gasteiger partial charge is 0.356 e. The second-order valence-electron chi connectivity index (χ2n) is 8.21. The Bertz CT molecular complexity index is 915. The average Bonchev–Trinajstić information content (AvgIpc) is 3.22. The van der Waals surface area contributed by atoms with Gasteiger partial charge in [-0.3, -0.25) is 14.4 Å². The maximum atomic E-state index is 12.6. The van der Waals surface area contributed by atoms with Crippen LogP contribution in [0.25, 0.3) is 11.3 Å². The molecule has 1 aromatic carbocycles. The van der Waals surface area contributed by atoms with Crippen molar-refractivity contribution in [3.8, 4) is 11.3 Å². The summed E-state index contributed by atoms with van der Waals surface area (Å²) in [5.41, 5.74) is 2.95. The van der Waals surface area contributed by atoms with Crippen LogP contribution in [0, 0.1) is 11.8 Å². The number of nitrogens with one attached hydrogen (secondary N) is 2. The van der Waals surface area contributed by atoms with Crippen LogP contribution in [0.4, 0.5) is 5.13 Å². The number of nitrogens with zero attached hydrogens (tertiary/aromatic N) is 2. The van der Waals surface area contributed by atoms with E-state index in [2.05, 4.69) is 15.6 Å². The zero-order valence-electron chi connectivity index (χ0n) is 18.3. The summed E-state index contributed by atoms with van der Waals surface area (Å²) in [7, 11) is 0. The first-order valence-electron chi connectivity index (χ1n) is 10.7.